The molecule has 5 nitrogen and oxygen atoms in total. The van der Waals surface area contributed by atoms with E-state index in [1.165, 1.54) is 13.2 Å². The highest BCUT2D eigenvalue weighted by atomic mass is 32.1. The van der Waals surface area contributed by atoms with Gasteiger partial charge >= 0.3 is 11.0 Å². The fourth-order valence-electron chi connectivity index (χ4n) is 0.774. The predicted molar refractivity (Wildman–Crippen MR) is 46.7 cm³/mol. The number of esters is 1. The molecule has 0 radical (unpaired) electrons. The van der Waals surface area contributed by atoms with Crippen molar-refractivity contribution in [3.05, 3.63) is 27.1 Å². The molecule has 0 aliphatic rings. The summed E-state index contributed by atoms with van der Waals surface area (Å²) in [5.74, 6) is -0.392. The second-order valence-electron chi connectivity index (χ2n) is 2.25. The summed E-state index contributed by atoms with van der Waals surface area (Å²) in [7, 11) is 1.28. The summed E-state index contributed by atoms with van der Waals surface area (Å²) < 4.78 is 4.42. The van der Waals surface area contributed by atoms with Crippen LogP contribution in [0.1, 0.15) is 4.88 Å². The fraction of sp³-hybridized carbons (Fsp3) is 0.286. The van der Waals surface area contributed by atoms with Gasteiger partial charge in [-0.3, -0.25) is 14.9 Å². The summed E-state index contributed by atoms with van der Waals surface area (Å²) in [6.45, 7) is 0. The summed E-state index contributed by atoms with van der Waals surface area (Å²) in [6, 6.07) is 2.93. The van der Waals surface area contributed by atoms with E-state index in [4.69, 9.17) is 0 Å². The van der Waals surface area contributed by atoms with E-state index < -0.39 is 10.9 Å². The predicted octanol–water partition coefficient (Wildman–Crippen LogP) is 1.37. The Hall–Kier alpha value is -1.43. The molecular formula is C7H7NO4S. The van der Waals surface area contributed by atoms with Gasteiger partial charge in [0.25, 0.3) is 0 Å². The quantitative estimate of drug-likeness (QED) is 0.420. The molecule has 13 heavy (non-hydrogen) atoms. The van der Waals surface area contributed by atoms with Gasteiger partial charge in [0.05, 0.1) is 18.5 Å². The van der Waals surface area contributed by atoms with Gasteiger partial charge in [0.1, 0.15) is 0 Å². The van der Waals surface area contributed by atoms with Crippen LogP contribution in [0.3, 0.4) is 0 Å². The lowest BCUT2D eigenvalue weighted by Crippen LogP contribution is -2.02. The van der Waals surface area contributed by atoms with E-state index in [2.05, 4.69) is 4.74 Å². The van der Waals surface area contributed by atoms with Crippen molar-refractivity contribution in [2.75, 3.05) is 7.11 Å². The molecule has 0 N–H and O–H groups in total. The van der Waals surface area contributed by atoms with E-state index >= 15 is 0 Å². The van der Waals surface area contributed by atoms with Gasteiger partial charge in [0.2, 0.25) is 0 Å². The van der Waals surface area contributed by atoms with Crippen molar-refractivity contribution in [3.63, 3.8) is 0 Å². The van der Waals surface area contributed by atoms with Crippen LogP contribution in [-0.2, 0) is 16.0 Å². The van der Waals surface area contributed by atoms with Gasteiger partial charge in [-0.2, -0.15) is 0 Å². The zero-order valence-corrected chi connectivity index (χ0v) is 7.67. The van der Waals surface area contributed by atoms with Crippen molar-refractivity contribution < 1.29 is 14.5 Å². The summed E-state index contributed by atoms with van der Waals surface area (Å²) >= 11 is 0.985. The number of nitro groups is 1. The summed E-state index contributed by atoms with van der Waals surface area (Å²) in [5.41, 5.74) is 0. The van der Waals surface area contributed by atoms with Gasteiger partial charge < -0.3 is 4.74 Å². The van der Waals surface area contributed by atoms with Crippen LogP contribution in [0.25, 0.3) is 0 Å². The number of rotatable bonds is 3. The average molecular weight is 201 g/mol. The monoisotopic (exact) mass is 201 g/mol. The third-order valence-electron chi connectivity index (χ3n) is 1.37. The van der Waals surface area contributed by atoms with Crippen molar-refractivity contribution in [2.45, 2.75) is 6.42 Å². The Morgan fingerprint density at radius 1 is 1.69 bits per heavy atom. The van der Waals surface area contributed by atoms with Crippen molar-refractivity contribution in [3.8, 4) is 0 Å². The molecule has 0 bridgehead atoms. The first-order valence-corrected chi connectivity index (χ1v) is 4.25. The standard InChI is InChI=1S/C7H7NO4S/c1-12-7(9)4-5-2-3-6(13-5)8(10)11/h2-3H,4H2,1H3. The molecule has 0 aliphatic carbocycles. The highest BCUT2D eigenvalue weighted by molar-refractivity contribution is 7.15. The normalized spacial score (nSPS) is 9.62. The molecule has 1 aromatic rings. The molecule has 0 unspecified atom stereocenters. The van der Waals surface area contributed by atoms with Crippen LogP contribution in [0.2, 0.25) is 0 Å². The topological polar surface area (TPSA) is 69.4 Å². The molecule has 0 saturated carbocycles. The Morgan fingerprint density at radius 3 is 2.85 bits per heavy atom. The Bertz CT molecular complexity index is 333. The number of methoxy groups -OCH3 is 1. The summed E-state index contributed by atoms with van der Waals surface area (Å²) in [6.07, 6.45) is 0.0923. The maximum Gasteiger partial charge on any atom is 0.324 e. The Labute approximate surface area is 78.1 Å². The lowest BCUT2D eigenvalue weighted by molar-refractivity contribution is -0.380. The summed E-state index contributed by atoms with van der Waals surface area (Å²) in [4.78, 5) is 21.2. The minimum absolute atomic E-state index is 0.0407. The van der Waals surface area contributed by atoms with Gasteiger partial charge in [0.15, 0.2) is 0 Å². The van der Waals surface area contributed by atoms with E-state index in [1.807, 2.05) is 0 Å². The lowest BCUT2D eigenvalue weighted by atomic mass is 10.3. The van der Waals surface area contributed by atoms with Crippen molar-refractivity contribution in [1.82, 2.24) is 0 Å². The van der Waals surface area contributed by atoms with E-state index in [0.717, 1.165) is 11.3 Å². The Morgan fingerprint density at radius 2 is 2.38 bits per heavy atom. The van der Waals surface area contributed by atoms with Crippen LogP contribution in [0.5, 0.6) is 0 Å². The van der Waals surface area contributed by atoms with Crippen LogP contribution in [0, 0.1) is 10.1 Å². The minimum atomic E-state index is -0.481. The Balaban J connectivity index is 2.69. The molecule has 70 valence electrons. The van der Waals surface area contributed by atoms with Crippen molar-refractivity contribution in [1.29, 1.82) is 0 Å². The zero-order chi connectivity index (χ0) is 9.84. The van der Waals surface area contributed by atoms with E-state index in [0.29, 0.717) is 4.88 Å². The first kappa shape index (κ1) is 9.66. The van der Waals surface area contributed by atoms with Crippen molar-refractivity contribution >= 4 is 22.3 Å². The number of carbonyl (C=O) groups excluding carboxylic acids is 1. The highest BCUT2D eigenvalue weighted by Crippen LogP contribution is 2.24. The maximum absolute atomic E-state index is 10.8. The molecule has 0 fully saturated rings. The average Bonchev–Trinajstić information content (AvgIpc) is 2.52. The van der Waals surface area contributed by atoms with E-state index in [-0.39, 0.29) is 11.4 Å². The smallest absolute Gasteiger partial charge is 0.324 e. The molecule has 0 amide bonds. The number of ether oxygens (including phenoxy) is 1. The molecule has 0 aromatic carbocycles. The van der Waals surface area contributed by atoms with Gasteiger partial charge in [-0.25, -0.2) is 0 Å². The number of nitrogens with zero attached hydrogens (tertiary/aromatic N) is 1. The summed E-state index contributed by atoms with van der Waals surface area (Å²) in [5, 5.41) is 10.3. The van der Waals surface area contributed by atoms with Gasteiger partial charge in [-0.05, 0) is 6.07 Å². The number of hydrogen-bond acceptors (Lipinski definition) is 5. The second kappa shape index (κ2) is 3.99. The SMILES string of the molecule is COC(=O)Cc1ccc([N+](=O)[O-])s1. The van der Waals surface area contributed by atoms with E-state index in [1.54, 1.807) is 6.07 Å². The molecule has 0 atom stereocenters. The molecule has 1 aromatic heterocycles. The van der Waals surface area contributed by atoms with Crippen LogP contribution in [-0.4, -0.2) is 18.0 Å². The third kappa shape index (κ3) is 2.51. The number of hydrogen-bond donors (Lipinski definition) is 0. The van der Waals surface area contributed by atoms with Gasteiger partial charge in [-0.1, -0.05) is 11.3 Å². The number of thiophene rings is 1. The molecule has 0 aliphatic heterocycles. The van der Waals surface area contributed by atoms with Gasteiger partial charge in [-0.15, -0.1) is 0 Å². The molecule has 6 heteroatoms. The van der Waals surface area contributed by atoms with Crippen LogP contribution < -0.4 is 0 Å². The first-order valence-electron chi connectivity index (χ1n) is 3.43. The molecule has 0 spiro atoms. The fourth-order valence-corrected chi connectivity index (χ4v) is 1.58. The maximum atomic E-state index is 10.8. The van der Waals surface area contributed by atoms with Gasteiger partial charge in [0, 0.05) is 10.9 Å². The van der Waals surface area contributed by atoms with Crippen molar-refractivity contribution in [2.24, 2.45) is 0 Å². The molecule has 1 rings (SSSR count). The zero-order valence-electron chi connectivity index (χ0n) is 6.85. The second-order valence-corrected chi connectivity index (χ2v) is 3.40. The molecule has 1 heterocycles. The van der Waals surface area contributed by atoms with E-state index in [9.17, 15) is 14.9 Å². The minimum Gasteiger partial charge on any atom is -0.469 e. The number of carbonyl (C=O) groups is 1. The van der Waals surface area contributed by atoms with Crippen LogP contribution >= 0.6 is 11.3 Å². The lowest BCUT2D eigenvalue weighted by Gasteiger charge is -1.93. The molecule has 0 saturated heterocycles. The third-order valence-corrected chi connectivity index (χ3v) is 2.41. The molecular weight excluding hydrogens is 194 g/mol. The van der Waals surface area contributed by atoms with Crippen LogP contribution in [0.15, 0.2) is 12.1 Å². The largest absolute Gasteiger partial charge is 0.469 e. The first-order chi connectivity index (χ1) is 6.13. The van der Waals surface area contributed by atoms with Crippen LogP contribution in [0.4, 0.5) is 5.00 Å². The highest BCUT2D eigenvalue weighted by Gasteiger charge is 2.12. The Kier molecular flexibility index (Phi) is 2.97.